The highest BCUT2D eigenvalue weighted by molar-refractivity contribution is 6.32. The number of hydrogen-bond donors (Lipinski definition) is 1. The van der Waals surface area contributed by atoms with Crippen LogP contribution < -0.4 is 0 Å². The molecule has 0 aliphatic carbocycles. The second kappa shape index (κ2) is 2.45. The molecule has 1 aromatic heterocycles. The summed E-state index contributed by atoms with van der Waals surface area (Å²) >= 11 is 5.77. The molecule has 1 N–H and O–H groups in total. The number of aryl methyl sites for hydroxylation is 1. The Hall–Kier alpha value is -1.09. The Kier molecular flexibility index (Phi) is 1.54. The summed E-state index contributed by atoms with van der Waals surface area (Å²) in [7, 11) is 0. The maximum atomic E-state index is 13.1. The molecule has 0 saturated carbocycles. The number of aromatic nitrogens is 2. The van der Waals surface area contributed by atoms with E-state index in [0.717, 1.165) is 10.9 Å². The van der Waals surface area contributed by atoms with Crippen molar-refractivity contribution in [2.24, 2.45) is 0 Å². The van der Waals surface area contributed by atoms with Crippen LogP contribution in [0.15, 0.2) is 12.3 Å². The smallest absolute Gasteiger partial charge is 0.150 e. The lowest BCUT2D eigenvalue weighted by atomic mass is 10.1. The lowest BCUT2D eigenvalue weighted by Gasteiger charge is -1.99. The van der Waals surface area contributed by atoms with Crippen LogP contribution >= 0.6 is 11.6 Å². The molecule has 4 heteroatoms. The van der Waals surface area contributed by atoms with Crippen LogP contribution in [0, 0.1) is 12.7 Å². The van der Waals surface area contributed by atoms with Crippen LogP contribution in [0.2, 0.25) is 5.02 Å². The lowest BCUT2D eigenvalue weighted by Crippen LogP contribution is -1.82. The molecule has 2 nitrogen and oxygen atoms in total. The average Bonchev–Trinajstić information content (AvgIpc) is 2.48. The Labute approximate surface area is 73.3 Å². The predicted octanol–water partition coefficient (Wildman–Crippen LogP) is 2.66. The molecule has 0 saturated heterocycles. The van der Waals surface area contributed by atoms with Gasteiger partial charge in [-0.25, -0.2) is 4.39 Å². The minimum Gasteiger partial charge on any atom is -0.275 e. The SMILES string of the molecule is Cc1c(Cl)cc(F)c2[nH]ncc12. The van der Waals surface area contributed by atoms with Gasteiger partial charge in [0.1, 0.15) is 11.3 Å². The molecule has 0 radical (unpaired) electrons. The zero-order valence-electron chi connectivity index (χ0n) is 6.36. The van der Waals surface area contributed by atoms with Crippen LogP contribution in [0.1, 0.15) is 5.56 Å². The molecule has 12 heavy (non-hydrogen) atoms. The Balaban J connectivity index is 2.97. The predicted molar refractivity (Wildman–Crippen MR) is 45.8 cm³/mol. The van der Waals surface area contributed by atoms with Gasteiger partial charge < -0.3 is 0 Å². The maximum absolute atomic E-state index is 13.1. The van der Waals surface area contributed by atoms with Crippen molar-refractivity contribution in [3.63, 3.8) is 0 Å². The fourth-order valence-electron chi connectivity index (χ4n) is 1.17. The number of rotatable bonds is 0. The summed E-state index contributed by atoms with van der Waals surface area (Å²) < 4.78 is 13.1. The molecule has 1 heterocycles. The quantitative estimate of drug-likeness (QED) is 0.670. The highest BCUT2D eigenvalue weighted by Crippen LogP contribution is 2.25. The molecule has 0 unspecified atom stereocenters. The molecule has 0 atom stereocenters. The molecular weight excluding hydrogens is 179 g/mol. The third kappa shape index (κ3) is 0.898. The van der Waals surface area contributed by atoms with E-state index in [0.29, 0.717) is 10.5 Å². The third-order valence-corrected chi connectivity index (χ3v) is 2.29. The van der Waals surface area contributed by atoms with Gasteiger partial charge in [-0.05, 0) is 18.6 Å². The van der Waals surface area contributed by atoms with Crippen molar-refractivity contribution in [1.29, 1.82) is 0 Å². The maximum Gasteiger partial charge on any atom is 0.150 e. The molecule has 0 amide bonds. The molecular formula is C8H6ClFN2. The van der Waals surface area contributed by atoms with Gasteiger partial charge in [-0.15, -0.1) is 0 Å². The van der Waals surface area contributed by atoms with E-state index in [1.165, 1.54) is 6.07 Å². The van der Waals surface area contributed by atoms with Gasteiger partial charge in [0, 0.05) is 10.4 Å². The van der Waals surface area contributed by atoms with Crippen LogP contribution in [-0.4, -0.2) is 10.2 Å². The zero-order valence-corrected chi connectivity index (χ0v) is 7.11. The monoisotopic (exact) mass is 184 g/mol. The van der Waals surface area contributed by atoms with Crippen molar-refractivity contribution in [1.82, 2.24) is 10.2 Å². The third-order valence-electron chi connectivity index (χ3n) is 1.89. The van der Waals surface area contributed by atoms with Crippen molar-refractivity contribution in [3.8, 4) is 0 Å². The van der Waals surface area contributed by atoms with E-state index in [1.54, 1.807) is 6.20 Å². The summed E-state index contributed by atoms with van der Waals surface area (Å²) in [5, 5.41) is 7.48. The van der Waals surface area contributed by atoms with Gasteiger partial charge in [-0.3, -0.25) is 5.10 Å². The molecule has 0 aliphatic rings. The highest BCUT2D eigenvalue weighted by atomic mass is 35.5. The van der Waals surface area contributed by atoms with Crippen LogP contribution in [0.25, 0.3) is 10.9 Å². The Morgan fingerprint density at radius 2 is 2.33 bits per heavy atom. The van der Waals surface area contributed by atoms with E-state index in [1.807, 2.05) is 6.92 Å². The number of halogens is 2. The summed E-state index contributed by atoms with van der Waals surface area (Å²) in [6.07, 6.45) is 1.57. The van der Waals surface area contributed by atoms with Crippen molar-refractivity contribution in [2.75, 3.05) is 0 Å². The first-order chi connectivity index (χ1) is 5.70. The van der Waals surface area contributed by atoms with E-state index in [2.05, 4.69) is 10.2 Å². The minimum absolute atomic E-state index is 0.363. The van der Waals surface area contributed by atoms with Crippen LogP contribution in [-0.2, 0) is 0 Å². The van der Waals surface area contributed by atoms with Gasteiger partial charge >= 0.3 is 0 Å². The molecule has 0 aliphatic heterocycles. The molecule has 2 rings (SSSR count). The summed E-state index contributed by atoms with van der Waals surface area (Å²) in [5.74, 6) is -0.363. The topological polar surface area (TPSA) is 28.7 Å². The van der Waals surface area contributed by atoms with Gasteiger partial charge in [0.2, 0.25) is 0 Å². The van der Waals surface area contributed by atoms with E-state index >= 15 is 0 Å². The number of hydrogen-bond acceptors (Lipinski definition) is 1. The number of nitrogens with one attached hydrogen (secondary N) is 1. The van der Waals surface area contributed by atoms with Crippen molar-refractivity contribution in [3.05, 3.63) is 28.7 Å². The largest absolute Gasteiger partial charge is 0.275 e. The highest BCUT2D eigenvalue weighted by Gasteiger charge is 2.08. The minimum atomic E-state index is -0.363. The summed E-state index contributed by atoms with van der Waals surface area (Å²) in [5.41, 5.74) is 1.26. The van der Waals surface area contributed by atoms with Gasteiger partial charge in [0.05, 0.1) is 6.20 Å². The Bertz CT molecular complexity index is 436. The molecule has 0 spiro atoms. The van der Waals surface area contributed by atoms with Crippen molar-refractivity contribution in [2.45, 2.75) is 6.92 Å². The van der Waals surface area contributed by atoms with Crippen LogP contribution in [0.3, 0.4) is 0 Å². The first-order valence-electron chi connectivity index (χ1n) is 3.48. The second-order valence-electron chi connectivity index (χ2n) is 2.62. The van der Waals surface area contributed by atoms with Gasteiger partial charge in [-0.2, -0.15) is 5.10 Å². The van der Waals surface area contributed by atoms with Gasteiger partial charge in [-0.1, -0.05) is 11.6 Å². The standard InChI is InChI=1S/C8H6ClFN2/c1-4-5-3-11-12-8(5)7(10)2-6(4)9/h2-3H,1H3,(H,11,12). The molecule has 2 aromatic rings. The summed E-state index contributed by atoms with van der Waals surface area (Å²) in [4.78, 5) is 0. The van der Waals surface area contributed by atoms with Crippen molar-refractivity contribution < 1.29 is 4.39 Å². The Morgan fingerprint density at radius 1 is 1.58 bits per heavy atom. The molecule has 62 valence electrons. The fraction of sp³-hybridized carbons (Fsp3) is 0.125. The number of H-pyrrole nitrogens is 1. The number of nitrogens with zero attached hydrogens (tertiary/aromatic N) is 1. The number of benzene rings is 1. The molecule has 0 bridgehead atoms. The van der Waals surface area contributed by atoms with Crippen LogP contribution in [0.5, 0.6) is 0 Å². The van der Waals surface area contributed by atoms with Gasteiger partial charge in [0.15, 0.2) is 0 Å². The van der Waals surface area contributed by atoms with E-state index < -0.39 is 0 Å². The first-order valence-corrected chi connectivity index (χ1v) is 3.85. The molecule has 1 aromatic carbocycles. The lowest BCUT2D eigenvalue weighted by molar-refractivity contribution is 0.636. The number of aromatic amines is 1. The summed E-state index contributed by atoms with van der Waals surface area (Å²) in [6, 6.07) is 1.29. The van der Waals surface area contributed by atoms with E-state index in [-0.39, 0.29) is 5.82 Å². The molecule has 0 fully saturated rings. The zero-order chi connectivity index (χ0) is 8.72. The van der Waals surface area contributed by atoms with Crippen LogP contribution in [0.4, 0.5) is 4.39 Å². The van der Waals surface area contributed by atoms with Gasteiger partial charge in [0.25, 0.3) is 0 Å². The number of fused-ring (bicyclic) bond motifs is 1. The average molecular weight is 185 g/mol. The van der Waals surface area contributed by atoms with E-state index in [9.17, 15) is 4.39 Å². The van der Waals surface area contributed by atoms with Crippen molar-refractivity contribution >= 4 is 22.5 Å². The second-order valence-corrected chi connectivity index (χ2v) is 3.03. The van der Waals surface area contributed by atoms with E-state index in [4.69, 9.17) is 11.6 Å². The fourth-order valence-corrected chi connectivity index (χ4v) is 1.37. The summed E-state index contributed by atoms with van der Waals surface area (Å²) in [6.45, 7) is 1.83. The first kappa shape index (κ1) is 7.55. The normalized spacial score (nSPS) is 10.9. The Morgan fingerprint density at radius 3 is 3.08 bits per heavy atom.